The summed E-state index contributed by atoms with van der Waals surface area (Å²) in [4.78, 5) is 17.0. The SMILES string of the molecule is CCOc1cccc(-n2cc(Cl)nc(-c3ccccc3)c2=O)c1. The van der Waals surface area contributed by atoms with Crippen LogP contribution < -0.4 is 10.3 Å². The van der Waals surface area contributed by atoms with Crippen molar-refractivity contribution in [3.8, 4) is 22.7 Å². The Labute approximate surface area is 139 Å². The van der Waals surface area contributed by atoms with Gasteiger partial charge in [0.1, 0.15) is 16.6 Å². The molecule has 2 aromatic carbocycles. The smallest absolute Gasteiger partial charge is 0.281 e. The molecule has 23 heavy (non-hydrogen) atoms. The van der Waals surface area contributed by atoms with Gasteiger partial charge in [0.25, 0.3) is 5.56 Å². The molecule has 116 valence electrons. The molecule has 0 fully saturated rings. The average molecular weight is 327 g/mol. The van der Waals surface area contributed by atoms with Crippen molar-refractivity contribution in [3.05, 3.63) is 76.3 Å². The first-order valence-corrected chi connectivity index (χ1v) is 7.64. The molecule has 0 amide bonds. The second-order valence-corrected chi connectivity index (χ2v) is 5.27. The van der Waals surface area contributed by atoms with Crippen LogP contribution in [0.4, 0.5) is 0 Å². The van der Waals surface area contributed by atoms with Gasteiger partial charge in [0.2, 0.25) is 0 Å². The molecule has 0 aliphatic rings. The molecule has 0 saturated carbocycles. The Morgan fingerprint density at radius 3 is 2.65 bits per heavy atom. The lowest BCUT2D eigenvalue weighted by Crippen LogP contribution is -2.21. The number of aromatic nitrogens is 2. The first kappa shape index (κ1) is 15.3. The molecule has 3 rings (SSSR count). The summed E-state index contributed by atoms with van der Waals surface area (Å²) in [5.41, 5.74) is 1.51. The number of hydrogen-bond donors (Lipinski definition) is 0. The zero-order chi connectivity index (χ0) is 16.2. The van der Waals surface area contributed by atoms with E-state index in [2.05, 4.69) is 4.98 Å². The van der Waals surface area contributed by atoms with Crippen LogP contribution in [0.1, 0.15) is 6.92 Å². The fourth-order valence-electron chi connectivity index (χ4n) is 2.33. The van der Waals surface area contributed by atoms with Crippen molar-refractivity contribution in [3.63, 3.8) is 0 Å². The molecule has 0 bridgehead atoms. The van der Waals surface area contributed by atoms with E-state index in [9.17, 15) is 4.79 Å². The second kappa shape index (κ2) is 6.67. The predicted octanol–water partition coefficient (Wildman–Crippen LogP) is 3.95. The van der Waals surface area contributed by atoms with E-state index < -0.39 is 0 Å². The highest BCUT2D eigenvalue weighted by molar-refractivity contribution is 6.29. The average Bonchev–Trinajstić information content (AvgIpc) is 2.58. The van der Waals surface area contributed by atoms with E-state index in [1.165, 1.54) is 10.8 Å². The number of benzene rings is 2. The van der Waals surface area contributed by atoms with Gasteiger partial charge in [-0.3, -0.25) is 9.36 Å². The summed E-state index contributed by atoms with van der Waals surface area (Å²) in [6.45, 7) is 2.47. The number of hydrogen-bond acceptors (Lipinski definition) is 3. The predicted molar refractivity (Wildman–Crippen MR) is 91.4 cm³/mol. The summed E-state index contributed by atoms with van der Waals surface area (Å²) in [7, 11) is 0. The maximum Gasteiger partial charge on any atom is 0.281 e. The van der Waals surface area contributed by atoms with Gasteiger partial charge in [-0.1, -0.05) is 48.0 Å². The molecule has 0 radical (unpaired) electrons. The molecule has 1 aromatic heterocycles. The van der Waals surface area contributed by atoms with Gasteiger partial charge < -0.3 is 4.74 Å². The van der Waals surface area contributed by atoms with Crippen LogP contribution >= 0.6 is 11.6 Å². The van der Waals surface area contributed by atoms with E-state index in [0.29, 0.717) is 23.7 Å². The van der Waals surface area contributed by atoms with E-state index in [4.69, 9.17) is 16.3 Å². The lowest BCUT2D eigenvalue weighted by atomic mass is 10.1. The summed E-state index contributed by atoms with van der Waals surface area (Å²) in [6.07, 6.45) is 1.52. The van der Waals surface area contributed by atoms with E-state index >= 15 is 0 Å². The second-order valence-electron chi connectivity index (χ2n) is 4.88. The normalized spacial score (nSPS) is 10.5. The first-order chi connectivity index (χ1) is 11.2. The summed E-state index contributed by atoms with van der Waals surface area (Å²) >= 11 is 6.12. The van der Waals surface area contributed by atoms with Crippen LogP contribution in [0.2, 0.25) is 5.15 Å². The topological polar surface area (TPSA) is 44.1 Å². The molecule has 4 nitrogen and oxygen atoms in total. The molecule has 0 unspecified atom stereocenters. The fraction of sp³-hybridized carbons (Fsp3) is 0.111. The maximum absolute atomic E-state index is 12.8. The van der Waals surface area contributed by atoms with Crippen molar-refractivity contribution in [1.82, 2.24) is 9.55 Å². The van der Waals surface area contributed by atoms with E-state index in [-0.39, 0.29) is 10.7 Å². The minimum atomic E-state index is -0.228. The number of nitrogens with zero attached hydrogens (tertiary/aromatic N) is 2. The van der Waals surface area contributed by atoms with Gasteiger partial charge >= 0.3 is 0 Å². The Morgan fingerprint density at radius 2 is 1.91 bits per heavy atom. The minimum Gasteiger partial charge on any atom is -0.494 e. The molecule has 0 aliphatic carbocycles. The van der Waals surface area contributed by atoms with Gasteiger partial charge in [-0.05, 0) is 19.1 Å². The minimum absolute atomic E-state index is 0.228. The van der Waals surface area contributed by atoms with Crippen LogP contribution in [0.5, 0.6) is 5.75 Å². The van der Waals surface area contributed by atoms with E-state index in [0.717, 1.165) is 5.56 Å². The molecule has 5 heteroatoms. The molecule has 1 heterocycles. The fourth-order valence-corrected chi connectivity index (χ4v) is 2.51. The van der Waals surface area contributed by atoms with Crippen molar-refractivity contribution < 1.29 is 4.74 Å². The van der Waals surface area contributed by atoms with Gasteiger partial charge in [0.05, 0.1) is 18.5 Å². The summed E-state index contributed by atoms with van der Waals surface area (Å²) in [5.74, 6) is 0.700. The molecular formula is C18H15ClN2O2. The summed E-state index contributed by atoms with van der Waals surface area (Å²) < 4.78 is 6.98. The van der Waals surface area contributed by atoms with Crippen molar-refractivity contribution >= 4 is 11.6 Å². The van der Waals surface area contributed by atoms with Crippen LogP contribution in [0, 0.1) is 0 Å². The van der Waals surface area contributed by atoms with Crippen LogP contribution in [-0.2, 0) is 0 Å². The highest BCUT2D eigenvalue weighted by Crippen LogP contribution is 2.19. The van der Waals surface area contributed by atoms with Crippen molar-refractivity contribution in [2.24, 2.45) is 0 Å². The van der Waals surface area contributed by atoms with Crippen molar-refractivity contribution in [2.75, 3.05) is 6.61 Å². The molecule has 0 spiro atoms. The summed E-state index contributed by atoms with van der Waals surface area (Å²) in [5, 5.41) is 0.255. The molecule has 0 atom stereocenters. The standard InChI is InChI=1S/C18H15ClN2O2/c1-2-23-15-10-6-9-14(11-15)21-12-16(19)20-17(18(21)22)13-7-4-3-5-8-13/h3-12H,2H2,1H3. The molecule has 3 aromatic rings. The molecule has 0 saturated heterocycles. The van der Waals surface area contributed by atoms with E-state index in [1.807, 2.05) is 55.5 Å². The van der Waals surface area contributed by atoms with Gasteiger partial charge in [-0.15, -0.1) is 0 Å². The van der Waals surface area contributed by atoms with Crippen LogP contribution in [0.3, 0.4) is 0 Å². The zero-order valence-electron chi connectivity index (χ0n) is 12.6. The number of ether oxygens (including phenoxy) is 1. The lowest BCUT2D eigenvalue weighted by Gasteiger charge is -2.10. The van der Waals surface area contributed by atoms with Gasteiger partial charge in [0, 0.05) is 11.6 Å². The van der Waals surface area contributed by atoms with Crippen molar-refractivity contribution in [1.29, 1.82) is 0 Å². The maximum atomic E-state index is 12.8. The quantitative estimate of drug-likeness (QED) is 0.729. The third kappa shape index (κ3) is 3.27. The highest BCUT2D eigenvalue weighted by atomic mass is 35.5. The first-order valence-electron chi connectivity index (χ1n) is 7.27. The Hall–Kier alpha value is -2.59. The lowest BCUT2D eigenvalue weighted by molar-refractivity contribution is 0.340. The molecule has 0 N–H and O–H groups in total. The Kier molecular flexibility index (Phi) is 4.44. The Bertz CT molecular complexity index is 876. The number of halogens is 1. The van der Waals surface area contributed by atoms with Crippen molar-refractivity contribution in [2.45, 2.75) is 6.92 Å². The highest BCUT2D eigenvalue weighted by Gasteiger charge is 2.11. The largest absolute Gasteiger partial charge is 0.494 e. The molecular weight excluding hydrogens is 312 g/mol. The van der Waals surface area contributed by atoms with Crippen LogP contribution in [-0.4, -0.2) is 16.2 Å². The third-order valence-corrected chi connectivity index (χ3v) is 3.51. The number of rotatable bonds is 4. The summed E-state index contributed by atoms with van der Waals surface area (Å²) in [6, 6.07) is 16.6. The van der Waals surface area contributed by atoms with Gasteiger partial charge in [0.15, 0.2) is 0 Å². The van der Waals surface area contributed by atoms with E-state index in [1.54, 1.807) is 6.07 Å². The Balaban J connectivity index is 2.16. The Morgan fingerprint density at radius 1 is 1.13 bits per heavy atom. The van der Waals surface area contributed by atoms with Gasteiger partial charge in [-0.25, -0.2) is 4.98 Å². The van der Waals surface area contributed by atoms with Gasteiger partial charge in [-0.2, -0.15) is 0 Å². The van der Waals surface area contributed by atoms with Crippen LogP contribution in [0.15, 0.2) is 65.6 Å². The third-order valence-electron chi connectivity index (χ3n) is 3.33. The molecule has 0 aliphatic heterocycles. The van der Waals surface area contributed by atoms with Crippen LogP contribution in [0.25, 0.3) is 16.9 Å². The zero-order valence-corrected chi connectivity index (χ0v) is 13.3. The monoisotopic (exact) mass is 326 g/mol.